The summed E-state index contributed by atoms with van der Waals surface area (Å²) in [6.07, 6.45) is 9.51. The van der Waals surface area contributed by atoms with Crippen molar-refractivity contribution < 1.29 is 28.2 Å². The van der Waals surface area contributed by atoms with Crippen molar-refractivity contribution >= 4 is 16.0 Å². The normalized spacial score (nSPS) is 19.2. The fraction of sp³-hybridized carbons (Fsp3) is 0.750. The van der Waals surface area contributed by atoms with Crippen LogP contribution in [0.15, 0.2) is 29.2 Å². The van der Waals surface area contributed by atoms with Crippen LogP contribution in [0.1, 0.15) is 110 Å². The molecule has 36 heavy (non-hydrogen) atoms. The van der Waals surface area contributed by atoms with Gasteiger partial charge in [-0.25, -0.2) is 8.42 Å². The molecule has 0 aromatic heterocycles. The van der Waals surface area contributed by atoms with Crippen molar-refractivity contribution in [2.45, 2.75) is 133 Å². The first-order valence-electron chi connectivity index (χ1n) is 13.6. The van der Waals surface area contributed by atoms with Gasteiger partial charge in [0, 0.05) is 12.8 Å². The van der Waals surface area contributed by atoms with Crippen molar-refractivity contribution in [3.63, 3.8) is 0 Å². The Bertz CT molecular complexity index is 892. The molecule has 1 saturated heterocycles. The number of aliphatic hydroxyl groups is 2. The second kappa shape index (κ2) is 14.5. The van der Waals surface area contributed by atoms with Crippen LogP contribution in [0.2, 0.25) is 0 Å². The molecule has 1 unspecified atom stereocenters. The van der Waals surface area contributed by atoms with E-state index in [1.165, 1.54) is 44.9 Å². The van der Waals surface area contributed by atoms with Crippen LogP contribution < -0.4 is 0 Å². The van der Waals surface area contributed by atoms with E-state index in [0.29, 0.717) is 6.42 Å². The molecule has 0 aliphatic carbocycles. The average molecular weight is 526 g/mol. The summed E-state index contributed by atoms with van der Waals surface area (Å²) in [4.78, 5) is 12.4. The molecule has 2 rings (SSSR count). The first kappa shape index (κ1) is 30.7. The lowest BCUT2D eigenvalue weighted by molar-refractivity contribution is -0.148. The summed E-state index contributed by atoms with van der Waals surface area (Å²) >= 11 is 0. The highest BCUT2D eigenvalue weighted by Crippen LogP contribution is 2.31. The Morgan fingerprint density at radius 1 is 0.972 bits per heavy atom. The third-order valence-electron chi connectivity index (χ3n) is 6.96. The number of ether oxygens (including phenoxy) is 1. The molecule has 2 atom stereocenters. The van der Waals surface area contributed by atoms with Gasteiger partial charge in [-0.2, -0.15) is 4.31 Å². The van der Waals surface area contributed by atoms with Crippen LogP contribution in [0.4, 0.5) is 0 Å². The minimum atomic E-state index is -3.98. The molecule has 0 radical (unpaired) electrons. The van der Waals surface area contributed by atoms with E-state index in [-0.39, 0.29) is 29.2 Å². The van der Waals surface area contributed by atoms with Crippen LogP contribution in [0, 0.1) is 0 Å². The maximum atomic E-state index is 13.3. The van der Waals surface area contributed by atoms with E-state index in [2.05, 4.69) is 6.92 Å². The molecule has 2 N–H and O–H groups in total. The quantitative estimate of drug-likeness (QED) is 0.183. The Morgan fingerprint density at radius 2 is 1.50 bits per heavy atom. The van der Waals surface area contributed by atoms with Gasteiger partial charge in [-0.3, -0.25) is 4.79 Å². The summed E-state index contributed by atoms with van der Waals surface area (Å²) in [5.74, 6) is -0.362. The highest BCUT2D eigenvalue weighted by atomic mass is 32.2. The Morgan fingerprint density at radius 3 is 2.00 bits per heavy atom. The van der Waals surface area contributed by atoms with Gasteiger partial charge in [-0.05, 0) is 29.5 Å². The zero-order valence-electron chi connectivity index (χ0n) is 22.6. The molecule has 1 aliphatic rings. The average Bonchev–Trinajstić information content (AvgIpc) is 3.25. The fourth-order valence-corrected chi connectivity index (χ4v) is 6.36. The summed E-state index contributed by atoms with van der Waals surface area (Å²) in [6.45, 7) is 8.27. The summed E-state index contributed by atoms with van der Waals surface area (Å²) in [7, 11) is -3.98. The van der Waals surface area contributed by atoms with Gasteiger partial charge in [0.15, 0.2) is 6.29 Å². The number of unbranched alkanes of at least 4 members (excludes halogenated alkanes) is 9. The third kappa shape index (κ3) is 9.43. The Kier molecular flexibility index (Phi) is 12.3. The monoisotopic (exact) mass is 525 g/mol. The molecule has 1 aromatic carbocycles. The van der Waals surface area contributed by atoms with Gasteiger partial charge in [-0.1, -0.05) is 97.6 Å². The zero-order chi connectivity index (χ0) is 26.8. The van der Waals surface area contributed by atoms with Crippen LogP contribution >= 0.6 is 0 Å². The minimum absolute atomic E-state index is 0.0563. The van der Waals surface area contributed by atoms with Crippen LogP contribution in [0.5, 0.6) is 0 Å². The molecule has 1 fully saturated rings. The molecule has 8 heteroatoms. The lowest BCUT2D eigenvalue weighted by Crippen LogP contribution is -2.42. The number of esters is 1. The van der Waals surface area contributed by atoms with E-state index in [1.54, 1.807) is 24.3 Å². The molecule has 1 heterocycles. The van der Waals surface area contributed by atoms with Crippen LogP contribution in [0.3, 0.4) is 0 Å². The fourth-order valence-electron chi connectivity index (χ4n) is 4.69. The number of carbonyl (C=O) groups excluding carboxylic acids is 1. The van der Waals surface area contributed by atoms with Crippen molar-refractivity contribution in [3.05, 3.63) is 29.8 Å². The van der Waals surface area contributed by atoms with Gasteiger partial charge >= 0.3 is 5.97 Å². The molecule has 7 nitrogen and oxygen atoms in total. The smallest absolute Gasteiger partial charge is 0.306 e. The molecule has 0 amide bonds. The topological polar surface area (TPSA) is 104 Å². The van der Waals surface area contributed by atoms with Gasteiger partial charge in [0.25, 0.3) is 0 Å². The summed E-state index contributed by atoms with van der Waals surface area (Å²) in [5, 5.41) is 19.7. The van der Waals surface area contributed by atoms with Crippen molar-refractivity contribution in [1.82, 2.24) is 4.31 Å². The molecule has 0 spiro atoms. The predicted molar refractivity (Wildman–Crippen MR) is 142 cm³/mol. The van der Waals surface area contributed by atoms with Gasteiger partial charge in [-0.15, -0.1) is 0 Å². The second-order valence-electron chi connectivity index (χ2n) is 11.1. The lowest BCUT2D eigenvalue weighted by atomic mass is 9.87. The van der Waals surface area contributed by atoms with Gasteiger partial charge in [0.1, 0.15) is 6.10 Å². The number of nitrogens with zero attached hydrogens (tertiary/aromatic N) is 1. The van der Waals surface area contributed by atoms with Crippen LogP contribution in [0.25, 0.3) is 0 Å². The number of aliphatic hydroxyl groups excluding tert-OH is 1. The van der Waals surface area contributed by atoms with E-state index in [0.717, 1.165) is 29.1 Å². The van der Waals surface area contributed by atoms with Gasteiger partial charge in [0.2, 0.25) is 10.0 Å². The molecule has 206 valence electrons. The van der Waals surface area contributed by atoms with Gasteiger partial charge in [0.05, 0.1) is 17.5 Å². The highest BCUT2D eigenvalue weighted by Gasteiger charge is 2.44. The molecule has 0 saturated carbocycles. The summed E-state index contributed by atoms with van der Waals surface area (Å²) < 4.78 is 33.1. The number of carbonyl (C=O) groups is 1. The summed E-state index contributed by atoms with van der Waals surface area (Å²) in [5.41, 5.74) is 0.883. The third-order valence-corrected chi connectivity index (χ3v) is 8.87. The molecule has 1 aromatic rings. The maximum Gasteiger partial charge on any atom is 0.306 e. The standard InChI is InChI=1S/C28H47NO6S/c1-5-6-7-8-9-10-11-12-13-14-15-26(30)35-23-20-25(27(31)32)29(21-23)36(33,34)24-18-16-22(17-19-24)28(2,3)4/h16-19,23,25,27,31-32H,5-15,20-21H2,1-4H3/t23-,25?/m1/s1. The minimum Gasteiger partial charge on any atom is -0.461 e. The number of hydrogen-bond acceptors (Lipinski definition) is 6. The molecular weight excluding hydrogens is 478 g/mol. The largest absolute Gasteiger partial charge is 0.461 e. The molecule has 1 aliphatic heterocycles. The van der Waals surface area contributed by atoms with Crippen molar-refractivity contribution in [3.8, 4) is 0 Å². The first-order chi connectivity index (χ1) is 17.0. The van der Waals surface area contributed by atoms with E-state index in [9.17, 15) is 23.4 Å². The number of rotatable bonds is 15. The highest BCUT2D eigenvalue weighted by molar-refractivity contribution is 7.89. The molecular formula is C28H47NO6S. The van der Waals surface area contributed by atoms with Crippen molar-refractivity contribution in [2.24, 2.45) is 0 Å². The van der Waals surface area contributed by atoms with E-state index in [1.807, 2.05) is 20.8 Å². The number of hydrogen-bond donors (Lipinski definition) is 2. The first-order valence-corrected chi connectivity index (χ1v) is 15.1. The van der Waals surface area contributed by atoms with Gasteiger partial charge < -0.3 is 14.9 Å². The zero-order valence-corrected chi connectivity index (χ0v) is 23.4. The lowest BCUT2D eigenvalue weighted by Gasteiger charge is -2.25. The van der Waals surface area contributed by atoms with E-state index >= 15 is 0 Å². The van der Waals surface area contributed by atoms with E-state index in [4.69, 9.17) is 4.74 Å². The second-order valence-corrected chi connectivity index (χ2v) is 13.0. The van der Waals surface area contributed by atoms with Crippen molar-refractivity contribution in [2.75, 3.05) is 6.54 Å². The Balaban J connectivity index is 1.83. The van der Waals surface area contributed by atoms with Crippen LogP contribution in [-0.4, -0.2) is 53.9 Å². The summed E-state index contributed by atoms with van der Waals surface area (Å²) in [6, 6.07) is 5.57. The number of sulfonamides is 1. The Labute approximate surface area is 218 Å². The Hall–Kier alpha value is -1.48. The maximum absolute atomic E-state index is 13.3. The van der Waals surface area contributed by atoms with E-state index < -0.39 is 28.5 Å². The number of benzene rings is 1. The SMILES string of the molecule is CCCCCCCCCCCCC(=O)O[C@@H]1CC(C(O)O)N(S(=O)(=O)c2ccc(C(C)(C)C)cc2)C1. The van der Waals surface area contributed by atoms with Crippen molar-refractivity contribution in [1.29, 1.82) is 0 Å². The predicted octanol–water partition coefficient (Wildman–Crippen LogP) is 5.28. The molecule has 0 bridgehead atoms. The van der Waals surface area contributed by atoms with Crippen LogP contribution in [-0.2, 0) is 25.0 Å².